The summed E-state index contributed by atoms with van der Waals surface area (Å²) in [7, 11) is 0. The van der Waals surface area contributed by atoms with Crippen molar-refractivity contribution in [2.45, 2.75) is 51.0 Å². The molecule has 5 rings (SSSR count). The van der Waals surface area contributed by atoms with Crippen LogP contribution in [0.15, 0.2) is 60.7 Å². The third kappa shape index (κ3) is 11.7. The molecule has 0 heterocycles. The molecule has 0 saturated heterocycles. The molecule has 0 atom stereocenters. The number of halogens is 7. The first-order chi connectivity index (χ1) is 19.9. The van der Waals surface area contributed by atoms with E-state index in [9.17, 15) is 30.7 Å². The minimum absolute atomic E-state index is 0. The molecule has 0 spiro atoms. The largest absolute Gasteiger partial charge is 0.573 e. The molecule has 1 fully saturated rings. The molecule has 0 aromatic heterocycles. The topological polar surface area (TPSA) is 18.5 Å². The normalized spacial score (nSPS) is 16.1. The van der Waals surface area contributed by atoms with Crippen molar-refractivity contribution in [1.29, 1.82) is 0 Å². The van der Waals surface area contributed by atoms with Crippen molar-refractivity contribution in [2.24, 2.45) is 5.92 Å². The molecule has 0 bridgehead atoms. The van der Waals surface area contributed by atoms with E-state index in [1.165, 1.54) is 30.3 Å². The number of ether oxygens (including phenoxy) is 2. The van der Waals surface area contributed by atoms with Gasteiger partial charge in [0.25, 0.3) is 0 Å². The zero-order chi connectivity index (χ0) is 30.1. The number of hydrogen-bond donors (Lipinski definition) is 0. The average molecular weight is 940 g/mol. The van der Waals surface area contributed by atoms with Gasteiger partial charge in [0.15, 0.2) is 5.75 Å². The van der Waals surface area contributed by atoms with E-state index in [0.29, 0.717) is 22.6 Å². The minimum Gasteiger partial charge on any atom is -0.524 e. The molecule has 13 heteroatoms. The summed E-state index contributed by atoms with van der Waals surface area (Å²) >= 11 is 0. The summed E-state index contributed by atoms with van der Waals surface area (Å²) in [5, 5.41) is 0. The Morgan fingerprint density at radius 3 is 1.76 bits per heavy atom. The molecular formula is C33H23F7O2Y4-4. The molecule has 46 heavy (non-hydrogen) atoms. The average Bonchev–Trinajstić information content (AvgIpc) is 2.94. The zero-order valence-corrected chi connectivity index (χ0v) is 35.9. The van der Waals surface area contributed by atoms with Crippen LogP contribution in [-0.2, 0) is 137 Å². The standard InChI is InChI=1S/C33H23F7O2.4Y/c1-20-2-4-23(5-3-20)25-12-16-28(29(34)18-25)32(36,37)41-27-14-10-22(11-15-27)21-6-8-24(9-7-21)26-13-17-31(30(35)19-26)42-33(38,39)40;;;;/h6-7,12-20,23H,2-5H2,1H3;;;;/q-4;;;;. The summed E-state index contributed by atoms with van der Waals surface area (Å²) in [6.07, 6.45) is -5.12. The van der Waals surface area contributed by atoms with Crippen LogP contribution in [0.3, 0.4) is 0 Å². The summed E-state index contributed by atoms with van der Waals surface area (Å²) in [5.74, 6) is -2.72. The van der Waals surface area contributed by atoms with Gasteiger partial charge in [0.05, 0.1) is 5.56 Å². The van der Waals surface area contributed by atoms with E-state index in [1.807, 2.05) is 0 Å². The third-order valence-electron chi connectivity index (χ3n) is 7.24. The van der Waals surface area contributed by atoms with E-state index >= 15 is 0 Å². The van der Waals surface area contributed by atoms with Gasteiger partial charge >= 0.3 is 12.5 Å². The zero-order valence-electron chi connectivity index (χ0n) is 24.5. The minimum atomic E-state index is -5.03. The first-order valence-corrected chi connectivity index (χ1v) is 13.2. The molecule has 0 aliphatic heterocycles. The predicted octanol–water partition coefficient (Wildman–Crippen LogP) is 9.81. The fraction of sp³-hybridized carbons (Fsp3) is 0.273. The van der Waals surface area contributed by atoms with Gasteiger partial charge in [0.1, 0.15) is 11.6 Å². The van der Waals surface area contributed by atoms with Gasteiger partial charge < -0.3 is 9.47 Å². The van der Waals surface area contributed by atoms with Gasteiger partial charge in [0, 0.05) is 131 Å². The van der Waals surface area contributed by atoms with Gasteiger partial charge in [-0.3, -0.25) is 35.4 Å². The maximum atomic E-state index is 14.9. The second-order valence-electron chi connectivity index (χ2n) is 10.3. The Kier molecular flexibility index (Phi) is 18.5. The number of benzene rings is 4. The Bertz CT molecular complexity index is 1540. The molecular weight excluding hydrogens is 917 g/mol. The fourth-order valence-electron chi connectivity index (χ4n) is 4.97. The Hall–Kier alpha value is 0.406. The van der Waals surface area contributed by atoms with Crippen LogP contribution < -0.4 is 9.47 Å². The van der Waals surface area contributed by atoms with E-state index < -0.39 is 35.4 Å². The van der Waals surface area contributed by atoms with Crippen molar-refractivity contribution < 1.29 is 171 Å². The molecule has 1 saturated carbocycles. The van der Waals surface area contributed by atoms with Crippen molar-refractivity contribution in [3.8, 4) is 33.8 Å². The first kappa shape index (κ1) is 44.4. The number of rotatable bonds is 7. The molecule has 4 radical (unpaired) electrons. The van der Waals surface area contributed by atoms with Crippen molar-refractivity contribution in [1.82, 2.24) is 0 Å². The molecule has 4 aromatic rings. The van der Waals surface area contributed by atoms with Crippen molar-refractivity contribution in [3.05, 3.63) is 108 Å². The van der Waals surface area contributed by atoms with E-state index in [2.05, 4.69) is 35.9 Å². The summed E-state index contributed by atoms with van der Waals surface area (Å²) < 4.78 is 104. The molecule has 2 nitrogen and oxygen atoms in total. The smallest absolute Gasteiger partial charge is 0.524 e. The summed E-state index contributed by atoms with van der Waals surface area (Å²) in [6.45, 7) is 2.17. The molecule has 1 aliphatic rings. The van der Waals surface area contributed by atoms with E-state index in [-0.39, 0.29) is 154 Å². The maximum Gasteiger partial charge on any atom is 0.573 e. The monoisotopic (exact) mass is 940 g/mol. The SMILES string of the molecule is CC1CCC(c2ccc(C(F)(F)Oc3c[c-]c(-c4c[c-]c(-c5ccc(OC(F)(F)F)c(F)c5)[c-]c4)[c-]c3)c(F)c2)CC1.[Y].[Y].[Y].[Y]. The second kappa shape index (κ2) is 19.1. The van der Waals surface area contributed by atoms with E-state index in [1.54, 1.807) is 0 Å². The van der Waals surface area contributed by atoms with Crippen LogP contribution in [0.1, 0.15) is 49.7 Å². The maximum absolute atomic E-state index is 14.9. The van der Waals surface area contributed by atoms with E-state index in [4.69, 9.17) is 4.74 Å². The first-order valence-electron chi connectivity index (χ1n) is 13.2. The summed E-state index contributed by atoms with van der Waals surface area (Å²) in [5.41, 5.74) is 1.15. The molecule has 4 aromatic carbocycles. The van der Waals surface area contributed by atoms with E-state index in [0.717, 1.165) is 56.0 Å². The van der Waals surface area contributed by atoms with Crippen LogP contribution in [0.25, 0.3) is 22.3 Å². The van der Waals surface area contributed by atoms with Gasteiger partial charge in [-0.2, -0.15) is 26.5 Å². The summed E-state index contributed by atoms with van der Waals surface area (Å²) in [6, 6.07) is 23.2. The Labute approximate surface area is 364 Å². The second-order valence-corrected chi connectivity index (χ2v) is 10.3. The van der Waals surface area contributed by atoms with Gasteiger partial charge in [-0.15, -0.1) is 19.2 Å². The molecule has 0 amide bonds. The van der Waals surface area contributed by atoms with Gasteiger partial charge in [0.2, 0.25) is 0 Å². The van der Waals surface area contributed by atoms with Gasteiger partial charge in [-0.25, -0.2) is 26.5 Å². The third-order valence-corrected chi connectivity index (χ3v) is 7.24. The summed E-state index contributed by atoms with van der Waals surface area (Å²) in [4.78, 5) is 0. The molecule has 1 aliphatic carbocycles. The Morgan fingerprint density at radius 2 is 1.22 bits per heavy atom. The van der Waals surface area contributed by atoms with Crippen molar-refractivity contribution >= 4 is 0 Å². The predicted molar refractivity (Wildman–Crippen MR) is 141 cm³/mol. The molecule has 232 valence electrons. The molecule has 0 unspecified atom stereocenters. The Morgan fingerprint density at radius 1 is 0.652 bits per heavy atom. The Balaban J connectivity index is 0.00000264. The van der Waals surface area contributed by atoms with Gasteiger partial charge in [-0.1, -0.05) is 31.9 Å². The van der Waals surface area contributed by atoms with Crippen LogP contribution in [-0.4, -0.2) is 6.36 Å². The molecule has 0 N–H and O–H groups in total. The van der Waals surface area contributed by atoms with Crippen LogP contribution >= 0.6 is 0 Å². The fourth-order valence-corrected chi connectivity index (χ4v) is 4.97. The number of alkyl halides is 5. The van der Waals surface area contributed by atoms with Crippen LogP contribution in [0.4, 0.5) is 30.7 Å². The quantitative estimate of drug-likeness (QED) is 0.136. The number of hydrogen-bond acceptors (Lipinski definition) is 2. The van der Waals surface area contributed by atoms with Crippen molar-refractivity contribution in [2.75, 3.05) is 0 Å². The van der Waals surface area contributed by atoms with Crippen molar-refractivity contribution in [3.63, 3.8) is 0 Å². The van der Waals surface area contributed by atoms with Crippen LogP contribution in [0.5, 0.6) is 11.5 Å². The van der Waals surface area contributed by atoms with Gasteiger partial charge in [-0.05, 0) is 54.2 Å². The van der Waals surface area contributed by atoms with Crippen LogP contribution in [0, 0.1) is 41.8 Å². The van der Waals surface area contributed by atoms with Crippen LogP contribution in [0.2, 0.25) is 0 Å².